The molecule has 2 aromatic heterocycles. The average Bonchev–Trinajstić information content (AvgIpc) is 2.58. The van der Waals surface area contributed by atoms with Crippen molar-refractivity contribution in [3.63, 3.8) is 0 Å². The molecule has 7 nitrogen and oxygen atoms in total. The minimum absolute atomic E-state index is 0.0850. The highest BCUT2D eigenvalue weighted by molar-refractivity contribution is 5.75. The van der Waals surface area contributed by atoms with Crippen molar-refractivity contribution in [2.45, 2.75) is 19.4 Å². The van der Waals surface area contributed by atoms with Gasteiger partial charge in [-0.15, -0.1) is 0 Å². The molecule has 0 aliphatic heterocycles. The molecule has 0 aromatic carbocycles. The van der Waals surface area contributed by atoms with E-state index in [0.29, 0.717) is 25.9 Å². The maximum Gasteiger partial charge on any atom is 0.220 e. The van der Waals surface area contributed by atoms with Crippen LogP contribution in [0.5, 0.6) is 0 Å². The van der Waals surface area contributed by atoms with Crippen molar-refractivity contribution in [1.29, 1.82) is 0 Å². The number of carbonyl (C=O) groups is 1. The van der Waals surface area contributed by atoms with E-state index in [1.807, 2.05) is 36.4 Å². The Bertz CT molecular complexity index is 667. The molecule has 0 fully saturated rings. The molecule has 1 amide bonds. The highest BCUT2D eigenvalue weighted by Gasteiger charge is 2.04. The summed E-state index contributed by atoms with van der Waals surface area (Å²) in [6.07, 6.45) is 2.59. The number of azide groups is 1. The van der Waals surface area contributed by atoms with Gasteiger partial charge in [0.2, 0.25) is 5.91 Å². The number of pyridine rings is 2. The minimum Gasteiger partial charge on any atom is -0.350 e. The van der Waals surface area contributed by atoms with Crippen molar-refractivity contribution in [3.05, 3.63) is 58.7 Å². The molecule has 0 spiro atoms. The summed E-state index contributed by atoms with van der Waals surface area (Å²) in [7, 11) is 0. The number of hydrogen-bond donors (Lipinski definition) is 1. The summed E-state index contributed by atoms with van der Waals surface area (Å²) >= 11 is 0. The Labute approximate surface area is 128 Å². The first-order chi connectivity index (χ1) is 10.8. The minimum atomic E-state index is -0.0850. The first-order valence-electron chi connectivity index (χ1n) is 6.94. The number of amides is 1. The Hall–Kier alpha value is -2.92. The van der Waals surface area contributed by atoms with Crippen LogP contribution in [-0.2, 0) is 11.3 Å². The third-order valence-corrected chi connectivity index (χ3v) is 2.93. The SMILES string of the molecule is [N-]=[N+]=NCCCC(=O)NCc1cccc(-c2ccccn2)n1. The molecular formula is C15H16N6O. The zero-order chi connectivity index (χ0) is 15.6. The van der Waals surface area contributed by atoms with Gasteiger partial charge in [-0.25, -0.2) is 4.98 Å². The number of nitrogens with one attached hydrogen (secondary N) is 1. The van der Waals surface area contributed by atoms with Gasteiger partial charge in [0.05, 0.1) is 23.6 Å². The maximum absolute atomic E-state index is 11.6. The van der Waals surface area contributed by atoms with Gasteiger partial charge >= 0.3 is 0 Å². The maximum atomic E-state index is 11.6. The summed E-state index contributed by atoms with van der Waals surface area (Å²) in [6, 6.07) is 11.3. The standard InChI is InChI=1S/C15H16N6O/c16-21-19-10-4-8-15(22)18-11-12-5-3-7-14(20-12)13-6-1-2-9-17-13/h1-3,5-7,9H,4,8,10-11H2,(H,18,22). The van der Waals surface area contributed by atoms with E-state index in [1.54, 1.807) is 6.20 Å². The highest BCUT2D eigenvalue weighted by atomic mass is 16.1. The van der Waals surface area contributed by atoms with Crippen molar-refractivity contribution in [2.24, 2.45) is 5.11 Å². The zero-order valence-corrected chi connectivity index (χ0v) is 12.0. The van der Waals surface area contributed by atoms with E-state index < -0.39 is 0 Å². The van der Waals surface area contributed by atoms with E-state index in [2.05, 4.69) is 25.3 Å². The Balaban J connectivity index is 1.88. The van der Waals surface area contributed by atoms with Gasteiger partial charge < -0.3 is 5.32 Å². The van der Waals surface area contributed by atoms with Crippen LogP contribution in [-0.4, -0.2) is 22.4 Å². The second-order valence-corrected chi connectivity index (χ2v) is 4.56. The lowest BCUT2D eigenvalue weighted by molar-refractivity contribution is -0.121. The quantitative estimate of drug-likeness (QED) is 0.367. The van der Waals surface area contributed by atoms with E-state index in [-0.39, 0.29) is 5.91 Å². The molecule has 0 bridgehead atoms. The molecule has 0 aliphatic carbocycles. The van der Waals surface area contributed by atoms with Crippen molar-refractivity contribution in [1.82, 2.24) is 15.3 Å². The average molecular weight is 296 g/mol. The fourth-order valence-corrected chi connectivity index (χ4v) is 1.87. The fourth-order valence-electron chi connectivity index (χ4n) is 1.87. The van der Waals surface area contributed by atoms with Crippen LogP contribution in [0, 0.1) is 0 Å². The monoisotopic (exact) mass is 296 g/mol. The molecule has 0 saturated carbocycles. The lowest BCUT2D eigenvalue weighted by Crippen LogP contribution is -2.23. The molecule has 112 valence electrons. The van der Waals surface area contributed by atoms with Crippen molar-refractivity contribution >= 4 is 5.91 Å². The molecule has 0 saturated heterocycles. The Morgan fingerprint density at radius 2 is 2.09 bits per heavy atom. The van der Waals surface area contributed by atoms with Gasteiger partial charge in [0.15, 0.2) is 0 Å². The molecule has 2 heterocycles. The van der Waals surface area contributed by atoms with E-state index >= 15 is 0 Å². The zero-order valence-electron chi connectivity index (χ0n) is 12.0. The van der Waals surface area contributed by atoms with Crippen LogP contribution in [0.15, 0.2) is 47.7 Å². The Morgan fingerprint density at radius 1 is 1.23 bits per heavy atom. The molecule has 0 unspecified atom stereocenters. The molecular weight excluding hydrogens is 280 g/mol. The first kappa shape index (κ1) is 15.5. The van der Waals surface area contributed by atoms with Crippen LogP contribution >= 0.6 is 0 Å². The third kappa shape index (κ3) is 4.88. The van der Waals surface area contributed by atoms with E-state index in [4.69, 9.17) is 5.53 Å². The highest BCUT2D eigenvalue weighted by Crippen LogP contribution is 2.13. The van der Waals surface area contributed by atoms with E-state index in [9.17, 15) is 4.79 Å². The van der Waals surface area contributed by atoms with Crippen molar-refractivity contribution < 1.29 is 4.79 Å². The van der Waals surface area contributed by atoms with Gasteiger partial charge in [-0.1, -0.05) is 17.2 Å². The predicted molar refractivity (Wildman–Crippen MR) is 82.6 cm³/mol. The second kappa shape index (κ2) is 8.39. The van der Waals surface area contributed by atoms with E-state index in [0.717, 1.165) is 17.1 Å². The van der Waals surface area contributed by atoms with Crippen LogP contribution in [0.3, 0.4) is 0 Å². The number of carbonyl (C=O) groups excluding carboxylic acids is 1. The van der Waals surface area contributed by atoms with E-state index in [1.165, 1.54) is 0 Å². The molecule has 2 rings (SSSR count). The molecule has 0 radical (unpaired) electrons. The van der Waals surface area contributed by atoms with Gasteiger partial charge in [0.25, 0.3) is 0 Å². The predicted octanol–water partition coefficient (Wildman–Crippen LogP) is 2.85. The largest absolute Gasteiger partial charge is 0.350 e. The molecule has 1 N–H and O–H groups in total. The van der Waals surface area contributed by atoms with Crippen LogP contribution in [0.1, 0.15) is 18.5 Å². The second-order valence-electron chi connectivity index (χ2n) is 4.56. The summed E-state index contributed by atoms with van der Waals surface area (Å²) in [5.41, 5.74) is 10.5. The van der Waals surface area contributed by atoms with Crippen LogP contribution in [0.2, 0.25) is 0 Å². The third-order valence-electron chi connectivity index (χ3n) is 2.93. The van der Waals surface area contributed by atoms with Crippen molar-refractivity contribution in [3.8, 4) is 11.4 Å². The summed E-state index contributed by atoms with van der Waals surface area (Å²) in [5.74, 6) is -0.0850. The van der Waals surface area contributed by atoms with Crippen molar-refractivity contribution in [2.75, 3.05) is 6.54 Å². The first-order valence-corrected chi connectivity index (χ1v) is 6.94. The molecule has 0 aliphatic rings. The number of hydrogen-bond acceptors (Lipinski definition) is 4. The normalized spacial score (nSPS) is 9.82. The lowest BCUT2D eigenvalue weighted by atomic mass is 10.2. The summed E-state index contributed by atoms with van der Waals surface area (Å²) in [5, 5.41) is 6.19. The smallest absolute Gasteiger partial charge is 0.220 e. The van der Waals surface area contributed by atoms with Crippen LogP contribution in [0.25, 0.3) is 21.8 Å². The topological polar surface area (TPSA) is 104 Å². The summed E-state index contributed by atoms with van der Waals surface area (Å²) in [4.78, 5) is 23.0. The Morgan fingerprint density at radius 3 is 2.86 bits per heavy atom. The number of aromatic nitrogens is 2. The van der Waals surface area contributed by atoms with Gasteiger partial charge in [-0.2, -0.15) is 0 Å². The summed E-state index contributed by atoms with van der Waals surface area (Å²) < 4.78 is 0. The van der Waals surface area contributed by atoms with Gasteiger partial charge in [0, 0.05) is 24.1 Å². The fraction of sp³-hybridized carbons (Fsp3) is 0.267. The summed E-state index contributed by atoms with van der Waals surface area (Å²) in [6.45, 7) is 0.693. The van der Waals surface area contributed by atoms with Gasteiger partial charge in [-0.3, -0.25) is 9.78 Å². The van der Waals surface area contributed by atoms with Gasteiger partial charge in [-0.05, 0) is 36.2 Å². The van der Waals surface area contributed by atoms with Crippen LogP contribution in [0.4, 0.5) is 0 Å². The molecule has 2 aromatic rings. The number of nitrogens with zero attached hydrogens (tertiary/aromatic N) is 5. The Kier molecular flexibility index (Phi) is 5.90. The molecule has 7 heteroatoms. The lowest BCUT2D eigenvalue weighted by Gasteiger charge is -2.06. The molecule has 22 heavy (non-hydrogen) atoms. The number of rotatable bonds is 7. The van der Waals surface area contributed by atoms with Gasteiger partial charge in [0.1, 0.15) is 0 Å². The molecule has 0 atom stereocenters. The van der Waals surface area contributed by atoms with Crippen LogP contribution < -0.4 is 5.32 Å².